The van der Waals surface area contributed by atoms with Gasteiger partial charge in [-0.25, -0.2) is 0 Å². The Kier molecular flexibility index (Phi) is 5.14. The lowest BCUT2D eigenvalue weighted by atomic mass is 9.79. The summed E-state index contributed by atoms with van der Waals surface area (Å²) in [5, 5.41) is 2.75. The summed E-state index contributed by atoms with van der Waals surface area (Å²) in [5.41, 5.74) is 11.3. The van der Waals surface area contributed by atoms with Gasteiger partial charge in [0.2, 0.25) is 11.8 Å². The molecular weight excluding hydrogens is 230 g/mol. The Balaban J connectivity index is 2.57. The Bertz CT molecular complexity index is 317. The molecule has 1 fully saturated rings. The molecule has 1 saturated carbocycles. The molecule has 0 aromatic heterocycles. The number of primary amides is 1. The number of amides is 2. The monoisotopic (exact) mass is 255 g/mol. The number of nitrogens with two attached hydrogens (primary N) is 2. The first-order valence-corrected chi connectivity index (χ1v) is 6.68. The van der Waals surface area contributed by atoms with Gasteiger partial charge in [0.15, 0.2) is 0 Å². The van der Waals surface area contributed by atoms with Gasteiger partial charge in [0.05, 0.1) is 0 Å². The van der Waals surface area contributed by atoms with Crippen molar-refractivity contribution in [3.05, 3.63) is 0 Å². The van der Waals surface area contributed by atoms with Crippen LogP contribution < -0.4 is 16.8 Å². The minimum absolute atomic E-state index is 0.00244. The smallest absolute Gasteiger partial charge is 0.240 e. The number of carbonyl (C=O) groups is 2. The van der Waals surface area contributed by atoms with E-state index in [1.165, 1.54) is 0 Å². The van der Waals surface area contributed by atoms with Crippen LogP contribution in [0.2, 0.25) is 0 Å². The molecule has 1 rings (SSSR count). The lowest BCUT2D eigenvalue weighted by Crippen LogP contribution is -2.51. The molecule has 104 valence electrons. The van der Waals surface area contributed by atoms with E-state index in [2.05, 4.69) is 12.2 Å². The van der Waals surface area contributed by atoms with Crippen molar-refractivity contribution in [1.29, 1.82) is 0 Å². The Labute approximate surface area is 109 Å². The highest BCUT2D eigenvalue weighted by Crippen LogP contribution is 2.27. The van der Waals surface area contributed by atoms with Crippen LogP contribution in [0.1, 0.15) is 40.0 Å². The summed E-state index contributed by atoms with van der Waals surface area (Å²) in [6.07, 6.45) is 2.49. The fourth-order valence-corrected chi connectivity index (χ4v) is 2.43. The van der Waals surface area contributed by atoms with Crippen LogP contribution in [0, 0.1) is 17.8 Å². The van der Waals surface area contributed by atoms with E-state index in [0.717, 1.165) is 12.8 Å². The summed E-state index contributed by atoms with van der Waals surface area (Å²) in [4.78, 5) is 23.4. The second-order valence-electron chi connectivity index (χ2n) is 5.78. The molecule has 1 aliphatic rings. The molecule has 0 aromatic rings. The minimum Gasteiger partial charge on any atom is -0.368 e. The van der Waals surface area contributed by atoms with Gasteiger partial charge >= 0.3 is 0 Å². The van der Waals surface area contributed by atoms with Crippen LogP contribution in [-0.4, -0.2) is 23.9 Å². The van der Waals surface area contributed by atoms with Gasteiger partial charge in [-0.3, -0.25) is 9.59 Å². The number of hydrogen-bond acceptors (Lipinski definition) is 3. The minimum atomic E-state index is -0.590. The highest BCUT2D eigenvalue weighted by atomic mass is 16.2. The molecule has 0 saturated heterocycles. The van der Waals surface area contributed by atoms with E-state index in [9.17, 15) is 9.59 Å². The van der Waals surface area contributed by atoms with E-state index in [1.807, 2.05) is 13.8 Å². The van der Waals surface area contributed by atoms with Gasteiger partial charge in [-0.2, -0.15) is 0 Å². The molecule has 0 aliphatic heterocycles. The second-order valence-corrected chi connectivity index (χ2v) is 5.78. The molecule has 1 aliphatic carbocycles. The van der Waals surface area contributed by atoms with Crippen molar-refractivity contribution in [1.82, 2.24) is 5.32 Å². The van der Waals surface area contributed by atoms with Gasteiger partial charge < -0.3 is 16.8 Å². The predicted molar refractivity (Wildman–Crippen MR) is 70.4 cm³/mol. The summed E-state index contributed by atoms with van der Waals surface area (Å²) in [5.74, 6) is -0.188. The lowest BCUT2D eigenvalue weighted by molar-refractivity contribution is -0.131. The van der Waals surface area contributed by atoms with Gasteiger partial charge in [0.1, 0.15) is 6.04 Å². The quantitative estimate of drug-likeness (QED) is 0.677. The van der Waals surface area contributed by atoms with Crippen molar-refractivity contribution in [2.45, 2.75) is 52.1 Å². The molecular formula is C13H25N3O2. The molecule has 0 heterocycles. The van der Waals surface area contributed by atoms with Crippen LogP contribution in [0.4, 0.5) is 0 Å². The number of rotatable bonds is 4. The molecule has 0 radical (unpaired) electrons. The summed E-state index contributed by atoms with van der Waals surface area (Å²) in [7, 11) is 0. The average molecular weight is 255 g/mol. The first-order valence-electron chi connectivity index (χ1n) is 6.68. The average Bonchev–Trinajstić information content (AvgIpc) is 2.28. The molecule has 5 nitrogen and oxygen atoms in total. The fraction of sp³-hybridized carbons (Fsp3) is 0.846. The van der Waals surface area contributed by atoms with Crippen molar-refractivity contribution in [3.8, 4) is 0 Å². The SMILES string of the molecule is CC(C)C(NC(=O)C1CCC(C)C(N)C1)C(N)=O. The molecule has 5 heteroatoms. The zero-order valence-corrected chi connectivity index (χ0v) is 11.5. The maximum absolute atomic E-state index is 12.1. The second kappa shape index (κ2) is 6.18. The van der Waals surface area contributed by atoms with Crippen LogP contribution in [-0.2, 0) is 9.59 Å². The largest absolute Gasteiger partial charge is 0.368 e. The lowest BCUT2D eigenvalue weighted by Gasteiger charge is -2.32. The van der Waals surface area contributed by atoms with E-state index in [-0.39, 0.29) is 23.8 Å². The van der Waals surface area contributed by atoms with E-state index >= 15 is 0 Å². The Morgan fingerprint density at radius 3 is 2.33 bits per heavy atom. The van der Waals surface area contributed by atoms with Gasteiger partial charge in [-0.05, 0) is 31.1 Å². The third-order valence-corrected chi connectivity index (χ3v) is 3.90. The molecule has 4 unspecified atom stereocenters. The predicted octanol–water partition coefficient (Wildman–Crippen LogP) is 0.376. The highest BCUT2D eigenvalue weighted by Gasteiger charge is 2.31. The van der Waals surface area contributed by atoms with Crippen molar-refractivity contribution >= 4 is 11.8 Å². The molecule has 18 heavy (non-hydrogen) atoms. The number of carbonyl (C=O) groups excluding carboxylic acids is 2. The maximum Gasteiger partial charge on any atom is 0.240 e. The van der Waals surface area contributed by atoms with Gasteiger partial charge in [-0.15, -0.1) is 0 Å². The van der Waals surface area contributed by atoms with E-state index in [0.29, 0.717) is 12.3 Å². The van der Waals surface area contributed by atoms with Crippen LogP contribution in [0.3, 0.4) is 0 Å². The van der Waals surface area contributed by atoms with Gasteiger partial charge in [-0.1, -0.05) is 20.8 Å². The first kappa shape index (κ1) is 15.0. The van der Waals surface area contributed by atoms with Crippen LogP contribution in [0.5, 0.6) is 0 Å². The van der Waals surface area contributed by atoms with Crippen molar-refractivity contribution < 1.29 is 9.59 Å². The number of hydrogen-bond donors (Lipinski definition) is 3. The van der Waals surface area contributed by atoms with Crippen LogP contribution in [0.15, 0.2) is 0 Å². The zero-order valence-electron chi connectivity index (χ0n) is 11.5. The summed E-state index contributed by atoms with van der Waals surface area (Å²) in [6.45, 7) is 5.84. The Morgan fingerprint density at radius 1 is 1.28 bits per heavy atom. The molecule has 0 bridgehead atoms. The van der Waals surface area contributed by atoms with Gasteiger partial charge in [0, 0.05) is 12.0 Å². The molecule has 0 aromatic carbocycles. The van der Waals surface area contributed by atoms with E-state index < -0.39 is 11.9 Å². The third-order valence-electron chi connectivity index (χ3n) is 3.90. The fourth-order valence-electron chi connectivity index (χ4n) is 2.43. The standard InChI is InChI=1S/C13H25N3O2/c1-7(2)11(12(15)17)16-13(18)9-5-4-8(3)10(14)6-9/h7-11H,4-6,14H2,1-3H3,(H2,15,17)(H,16,18). The molecule has 5 N–H and O–H groups in total. The number of nitrogens with one attached hydrogen (secondary N) is 1. The van der Waals surface area contributed by atoms with Crippen LogP contribution in [0.25, 0.3) is 0 Å². The summed E-state index contributed by atoms with van der Waals surface area (Å²) in [6, 6.07) is -0.520. The van der Waals surface area contributed by atoms with Crippen LogP contribution >= 0.6 is 0 Å². The first-order chi connectivity index (χ1) is 8.32. The summed E-state index contributed by atoms with van der Waals surface area (Å²) >= 11 is 0. The van der Waals surface area contributed by atoms with Gasteiger partial charge in [0.25, 0.3) is 0 Å². The Hall–Kier alpha value is -1.10. The normalized spacial score (nSPS) is 29.9. The molecule has 4 atom stereocenters. The zero-order chi connectivity index (χ0) is 13.9. The third kappa shape index (κ3) is 3.70. The topological polar surface area (TPSA) is 98.2 Å². The van der Waals surface area contributed by atoms with Crippen molar-refractivity contribution in [2.75, 3.05) is 0 Å². The maximum atomic E-state index is 12.1. The Morgan fingerprint density at radius 2 is 1.89 bits per heavy atom. The summed E-state index contributed by atoms with van der Waals surface area (Å²) < 4.78 is 0. The molecule has 0 spiro atoms. The van der Waals surface area contributed by atoms with Crippen molar-refractivity contribution in [2.24, 2.45) is 29.2 Å². The highest BCUT2D eigenvalue weighted by molar-refractivity contribution is 5.87. The van der Waals surface area contributed by atoms with E-state index in [1.54, 1.807) is 0 Å². The van der Waals surface area contributed by atoms with E-state index in [4.69, 9.17) is 11.5 Å². The van der Waals surface area contributed by atoms with Crippen molar-refractivity contribution in [3.63, 3.8) is 0 Å². The molecule has 2 amide bonds.